The third-order valence-electron chi connectivity index (χ3n) is 6.40. The van der Waals surface area contributed by atoms with E-state index in [1.54, 1.807) is 0 Å². The molecule has 1 aliphatic rings. The zero-order chi connectivity index (χ0) is 20.7. The normalized spacial score (nSPS) is 13.1. The summed E-state index contributed by atoms with van der Waals surface area (Å²) in [4.78, 5) is 0. The van der Waals surface area contributed by atoms with Gasteiger partial charge >= 0.3 is 0 Å². The molecule has 0 bridgehead atoms. The summed E-state index contributed by atoms with van der Waals surface area (Å²) in [5.41, 5.74) is 1.28. The first kappa shape index (κ1) is 26.3. The van der Waals surface area contributed by atoms with E-state index in [0.29, 0.717) is 0 Å². The van der Waals surface area contributed by atoms with Crippen molar-refractivity contribution in [1.29, 1.82) is 0 Å². The topological polar surface area (TPSA) is 14.1 Å². The Morgan fingerprint density at radius 3 is 1.14 bits per heavy atom. The van der Waals surface area contributed by atoms with Gasteiger partial charge in [0.25, 0.3) is 0 Å². The quantitative estimate of drug-likeness (QED) is 0.151. The number of rotatable bonds is 23. The SMILES string of the molecule is CCCCCCCCCCCCCCCCCCCCCCCCC1=CC=C[N]1. The second kappa shape index (κ2) is 22.0. The lowest BCUT2D eigenvalue weighted by atomic mass is 10.0. The van der Waals surface area contributed by atoms with E-state index in [1.165, 1.54) is 153 Å². The summed E-state index contributed by atoms with van der Waals surface area (Å²) in [6.45, 7) is 2.30. The van der Waals surface area contributed by atoms with Crippen LogP contribution in [0.2, 0.25) is 0 Å². The summed E-state index contributed by atoms with van der Waals surface area (Å²) in [6.07, 6.45) is 39.2. The van der Waals surface area contributed by atoms with Gasteiger partial charge in [-0.05, 0) is 25.0 Å². The van der Waals surface area contributed by atoms with Crippen molar-refractivity contribution < 1.29 is 0 Å². The predicted octanol–water partition coefficient (Wildman–Crippen LogP) is 9.99. The summed E-state index contributed by atoms with van der Waals surface area (Å²) in [5.74, 6) is 0. The monoisotopic (exact) mass is 402 g/mol. The van der Waals surface area contributed by atoms with Gasteiger partial charge in [-0.2, -0.15) is 0 Å². The van der Waals surface area contributed by atoms with Crippen LogP contribution in [-0.4, -0.2) is 0 Å². The van der Waals surface area contributed by atoms with Gasteiger partial charge in [-0.1, -0.05) is 142 Å². The molecule has 1 aliphatic heterocycles. The average Bonchev–Trinajstić information content (AvgIpc) is 3.25. The van der Waals surface area contributed by atoms with Crippen LogP contribution >= 0.6 is 0 Å². The van der Waals surface area contributed by atoms with Gasteiger partial charge in [0.05, 0.1) is 0 Å². The van der Waals surface area contributed by atoms with E-state index in [1.807, 2.05) is 12.3 Å². The Morgan fingerprint density at radius 1 is 0.483 bits per heavy atom. The maximum atomic E-state index is 4.34. The molecule has 0 aliphatic carbocycles. The van der Waals surface area contributed by atoms with E-state index in [-0.39, 0.29) is 0 Å². The molecular weight excluding hydrogens is 350 g/mol. The molecule has 1 heteroatoms. The Bertz CT molecular complexity index is 382. The smallest absolute Gasteiger partial charge is 0.0404 e. The van der Waals surface area contributed by atoms with Crippen molar-refractivity contribution in [2.24, 2.45) is 0 Å². The minimum absolute atomic E-state index is 1.17. The van der Waals surface area contributed by atoms with Crippen molar-refractivity contribution in [1.82, 2.24) is 5.32 Å². The lowest BCUT2D eigenvalue weighted by molar-refractivity contribution is 0.519. The van der Waals surface area contributed by atoms with Gasteiger partial charge in [0.1, 0.15) is 0 Å². The van der Waals surface area contributed by atoms with Crippen LogP contribution < -0.4 is 5.32 Å². The van der Waals surface area contributed by atoms with Gasteiger partial charge in [-0.3, -0.25) is 5.32 Å². The summed E-state index contributed by atoms with van der Waals surface area (Å²) < 4.78 is 0. The first-order valence-corrected chi connectivity index (χ1v) is 13.5. The Kier molecular flexibility index (Phi) is 19.9. The molecule has 1 radical (unpaired) electrons. The molecule has 0 aromatic carbocycles. The summed E-state index contributed by atoms with van der Waals surface area (Å²) in [6, 6.07) is 0. The van der Waals surface area contributed by atoms with E-state index >= 15 is 0 Å². The predicted molar refractivity (Wildman–Crippen MR) is 131 cm³/mol. The number of unbranched alkanes of at least 4 members (excludes halogenated alkanes) is 21. The third kappa shape index (κ3) is 19.0. The molecule has 0 aromatic rings. The molecule has 0 fully saturated rings. The highest BCUT2D eigenvalue weighted by Gasteiger charge is 2.00. The Balaban J connectivity index is 1.62. The van der Waals surface area contributed by atoms with Gasteiger partial charge in [-0.25, -0.2) is 0 Å². The lowest BCUT2D eigenvalue weighted by Crippen LogP contribution is -1.92. The molecule has 0 aromatic heterocycles. The van der Waals surface area contributed by atoms with Crippen LogP contribution in [0.5, 0.6) is 0 Å². The minimum Gasteiger partial charge on any atom is -0.261 e. The van der Waals surface area contributed by atoms with E-state index in [4.69, 9.17) is 0 Å². The second-order valence-electron chi connectivity index (χ2n) is 9.30. The van der Waals surface area contributed by atoms with E-state index in [2.05, 4.69) is 18.3 Å². The molecule has 0 N–H and O–H groups in total. The van der Waals surface area contributed by atoms with Gasteiger partial charge in [0.2, 0.25) is 0 Å². The van der Waals surface area contributed by atoms with Crippen LogP contribution in [-0.2, 0) is 0 Å². The van der Waals surface area contributed by atoms with Crippen molar-refractivity contribution in [3.63, 3.8) is 0 Å². The van der Waals surface area contributed by atoms with E-state index in [0.717, 1.165) is 0 Å². The fourth-order valence-corrected chi connectivity index (χ4v) is 4.40. The summed E-state index contributed by atoms with van der Waals surface area (Å²) in [7, 11) is 0. The Labute approximate surface area is 184 Å². The zero-order valence-corrected chi connectivity index (χ0v) is 19.9. The number of hydrogen-bond acceptors (Lipinski definition) is 0. The third-order valence-corrected chi connectivity index (χ3v) is 6.40. The molecule has 0 atom stereocenters. The minimum atomic E-state index is 1.17. The Hall–Kier alpha value is -0.720. The zero-order valence-electron chi connectivity index (χ0n) is 19.9. The lowest BCUT2D eigenvalue weighted by Gasteiger charge is -2.04. The molecule has 29 heavy (non-hydrogen) atoms. The van der Waals surface area contributed by atoms with Gasteiger partial charge in [0, 0.05) is 11.9 Å². The number of nitrogens with zero attached hydrogens (tertiary/aromatic N) is 1. The van der Waals surface area contributed by atoms with Gasteiger partial charge in [0.15, 0.2) is 0 Å². The van der Waals surface area contributed by atoms with Crippen LogP contribution in [0.15, 0.2) is 24.0 Å². The van der Waals surface area contributed by atoms with Crippen molar-refractivity contribution in [3.8, 4) is 0 Å². The molecule has 0 amide bonds. The molecule has 0 spiro atoms. The molecule has 0 saturated carbocycles. The molecule has 1 nitrogen and oxygen atoms in total. The summed E-state index contributed by atoms with van der Waals surface area (Å²) >= 11 is 0. The highest BCUT2D eigenvalue weighted by Crippen LogP contribution is 2.16. The first-order chi connectivity index (χ1) is 14.4. The standard InChI is InChI=1S/C28H52N/c1-2-3-4-5-6-7-8-9-10-11-12-13-14-15-16-17-18-19-20-21-22-23-25-28-26-24-27-29-28/h24,26-27H,2-23,25H2,1H3. The van der Waals surface area contributed by atoms with Crippen LogP contribution in [0.1, 0.15) is 155 Å². The first-order valence-electron chi connectivity index (χ1n) is 13.5. The van der Waals surface area contributed by atoms with Gasteiger partial charge < -0.3 is 0 Å². The fraction of sp³-hybridized carbons (Fsp3) is 0.857. The highest BCUT2D eigenvalue weighted by molar-refractivity contribution is 5.19. The fourth-order valence-electron chi connectivity index (χ4n) is 4.40. The molecule has 1 heterocycles. The van der Waals surface area contributed by atoms with Crippen LogP contribution in [0.25, 0.3) is 0 Å². The molecule has 0 unspecified atom stereocenters. The molecule has 169 valence electrons. The Morgan fingerprint density at radius 2 is 0.828 bits per heavy atom. The molecule has 0 saturated heterocycles. The van der Waals surface area contributed by atoms with Crippen molar-refractivity contribution in [2.75, 3.05) is 0 Å². The van der Waals surface area contributed by atoms with Crippen molar-refractivity contribution in [3.05, 3.63) is 24.0 Å². The summed E-state index contributed by atoms with van der Waals surface area (Å²) in [5, 5.41) is 4.34. The van der Waals surface area contributed by atoms with Crippen LogP contribution in [0, 0.1) is 0 Å². The largest absolute Gasteiger partial charge is 0.261 e. The van der Waals surface area contributed by atoms with E-state index in [9.17, 15) is 0 Å². The second-order valence-corrected chi connectivity index (χ2v) is 9.30. The number of allylic oxidation sites excluding steroid dienone is 3. The average molecular weight is 403 g/mol. The molecular formula is C28H52N. The maximum Gasteiger partial charge on any atom is 0.0404 e. The maximum absolute atomic E-state index is 4.34. The molecule has 1 rings (SSSR count). The van der Waals surface area contributed by atoms with Gasteiger partial charge in [-0.15, -0.1) is 0 Å². The van der Waals surface area contributed by atoms with E-state index < -0.39 is 0 Å². The van der Waals surface area contributed by atoms with Crippen LogP contribution in [0.3, 0.4) is 0 Å². The highest BCUT2D eigenvalue weighted by atomic mass is 14.9. The number of hydrogen-bond donors (Lipinski definition) is 0. The van der Waals surface area contributed by atoms with Crippen LogP contribution in [0.4, 0.5) is 0 Å². The van der Waals surface area contributed by atoms with Crippen molar-refractivity contribution in [2.45, 2.75) is 155 Å². The van der Waals surface area contributed by atoms with Crippen molar-refractivity contribution >= 4 is 0 Å².